The number of anilines is 1. The van der Waals surface area contributed by atoms with E-state index in [2.05, 4.69) is 5.32 Å². The summed E-state index contributed by atoms with van der Waals surface area (Å²) in [4.78, 5) is 13.0. The number of carbonyl (C=O) groups excluding carboxylic acids is 1. The lowest BCUT2D eigenvalue weighted by atomic mass is 9.98. The highest BCUT2D eigenvalue weighted by Crippen LogP contribution is 2.34. The summed E-state index contributed by atoms with van der Waals surface area (Å²) in [6.45, 7) is 2.02. The average molecular weight is 383 g/mol. The van der Waals surface area contributed by atoms with Gasteiger partial charge in [0, 0.05) is 11.3 Å². The largest absolute Gasteiger partial charge is 0.507 e. The van der Waals surface area contributed by atoms with Crippen LogP contribution in [0.5, 0.6) is 11.5 Å². The number of amides is 1. The Morgan fingerprint density at radius 3 is 2.28 bits per heavy atom. The van der Waals surface area contributed by atoms with Crippen LogP contribution in [-0.4, -0.2) is 18.1 Å². The molecular formula is C25H21NO3. The summed E-state index contributed by atoms with van der Waals surface area (Å²) in [5.41, 5.74) is 3.83. The number of hydrogen-bond acceptors (Lipinski definition) is 3. The van der Waals surface area contributed by atoms with Gasteiger partial charge < -0.3 is 15.2 Å². The van der Waals surface area contributed by atoms with Gasteiger partial charge in [-0.1, -0.05) is 48.5 Å². The molecule has 4 aromatic rings. The number of aromatic hydroxyl groups is 1. The third-order valence-electron chi connectivity index (χ3n) is 5.02. The molecule has 0 unspecified atom stereocenters. The number of hydrogen-bond donors (Lipinski definition) is 2. The fourth-order valence-corrected chi connectivity index (χ4v) is 3.46. The van der Waals surface area contributed by atoms with Crippen LogP contribution in [0.3, 0.4) is 0 Å². The molecule has 1 amide bonds. The zero-order valence-corrected chi connectivity index (χ0v) is 16.3. The molecule has 0 bridgehead atoms. The van der Waals surface area contributed by atoms with Crippen molar-refractivity contribution in [2.75, 3.05) is 12.4 Å². The van der Waals surface area contributed by atoms with Crippen molar-refractivity contribution in [3.63, 3.8) is 0 Å². The first kappa shape index (κ1) is 18.6. The number of nitrogens with one attached hydrogen (secondary N) is 1. The molecular weight excluding hydrogens is 362 g/mol. The van der Waals surface area contributed by atoms with Crippen molar-refractivity contribution < 1.29 is 14.6 Å². The number of phenolic OH excluding ortho intramolecular Hbond substituents is 1. The maximum Gasteiger partial charge on any atom is 0.259 e. The molecule has 0 aliphatic heterocycles. The van der Waals surface area contributed by atoms with E-state index < -0.39 is 0 Å². The van der Waals surface area contributed by atoms with E-state index in [0.29, 0.717) is 11.4 Å². The Labute approximate surface area is 169 Å². The van der Waals surface area contributed by atoms with Gasteiger partial charge in [-0.25, -0.2) is 0 Å². The van der Waals surface area contributed by atoms with Crippen LogP contribution in [0.2, 0.25) is 0 Å². The molecule has 29 heavy (non-hydrogen) atoms. The smallest absolute Gasteiger partial charge is 0.259 e. The van der Waals surface area contributed by atoms with Crippen LogP contribution in [0, 0.1) is 6.92 Å². The molecule has 0 aromatic heterocycles. The maximum atomic E-state index is 13.0. The number of carbonyl (C=O) groups is 1. The third-order valence-corrected chi connectivity index (χ3v) is 5.02. The Balaban J connectivity index is 1.76. The zero-order chi connectivity index (χ0) is 20.4. The van der Waals surface area contributed by atoms with Crippen LogP contribution in [0.4, 0.5) is 5.69 Å². The minimum atomic E-state index is -0.367. The monoisotopic (exact) mass is 383 g/mol. The van der Waals surface area contributed by atoms with E-state index in [-0.39, 0.29) is 17.2 Å². The lowest BCUT2D eigenvalue weighted by Crippen LogP contribution is -2.13. The molecule has 0 saturated heterocycles. The number of methoxy groups -OCH3 is 1. The topological polar surface area (TPSA) is 58.6 Å². The Bertz CT molecular complexity index is 1210. The summed E-state index contributed by atoms with van der Waals surface area (Å²) in [7, 11) is 1.61. The van der Waals surface area contributed by atoms with Crippen molar-refractivity contribution in [3.8, 4) is 22.6 Å². The van der Waals surface area contributed by atoms with E-state index in [1.807, 2.05) is 67.6 Å². The number of fused-ring (bicyclic) bond motifs is 1. The second-order valence-corrected chi connectivity index (χ2v) is 6.90. The minimum Gasteiger partial charge on any atom is -0.507 e. The fourth-order valence-electron chi connectivity index (χ4n) is 3.46. The van der Waals surface area contributed by atoms with Crippen LogP contribution in [0.15, 0.2) is 78.9 Å². The van der Waals surface area contributed by atoms with Gasteiger partial charge in [0.1, 0.15) is 11.5 Å². The maximum absolute atomic E-state index is 13.0. The molecule has 4 heteroatoms. The van der Waals surface area contributed by atoms with Gasteiger partial charge in [-0.2, -0.15) is 0 Å². The number of phenols is 1. The van der Waals surface area contributed by atoms with Gasteiger partial charge in [-0.05, 0) is 59.2 Å². The molecule has 0 radical (unpaired) electrons. The van der Waals surface area contributed by atoms with Gasteiger partial charge in [0.2, 0.25) is 0 Å². The molecule has 0 aliphatic carbocycles. The van der Waals surface area contributed by atoms with Crippen LogP contribution < -0.4 is 10.1 Å². The molecule has 0 spiro atoms. The molecule has 0 heterocycles. The normalized spacial score (nSPS) is 10.7. The summed E-state index contributed by atoms with van der Waals surface area (Å²) in [6.07, 6.45) is 0. The van der Waals surface area contributed by atoms with Gasteiger partial charge in [0.25, 0.3) is 5.91 Å². The van der Waals surface area contributed by atoms with E-state index in [0.717, 1.165) is 27.5 Å². The Morgan fingerprint density at radius 2 is 1.55 bits per heavy atom. The van der Waals surface area contributed by atoms with Gasteiger partial charge >= 0.3 is 0 Å². The Kier molecular flexibility index (Phi) is 4.92. The average Bonchev–Trinajstić information content (AvgIpc) is 2.74. The second-order valence-electron chi connectivity index (χ2n) is 6.90. The van der Waals surface area contributed by atoms with E-state index in [1.54, 1.807) is 25.3 Å². The molecule has 4 aromatic carbocycles. The standard InChI is InChI=1S/C25H21NO3/c1-16-7-3-6-10-20(16)21-15-19(29-2)11-12-23(21)26-25(28)22-13-17-8-4-5-9-18(17)14-24(22)27/h3-15,27H,1-2H3,(H,26,28). The molecule has 4 rings (SSSR count). The van der Waals surface area contributed by atoms with E-state index in [4.69, 9.17) is 4.74 Å². The summed E-state index contributed by atoms with van der Waals surface area (Å²) in [5.74, 6) is 0.287. The lowest BCUT2D eigenvalue weighted by Gasteiger charge is -2.15. The quantitative estimate of drug-likeness (QED) is 0.469. The molecule has 0 saturated carbocycles. The van der Waals surface area contributed by atoms with Crippen molar-refractivity contribution >= 4 is 22.4 Å². The molecule has 144 valence electrons. The predicted octanol–water partition coefficient (Wildman–Crippen LogP) is 5.78. The number of ether oxygens (including phenoxy) is 1. The summed E-state index contributed by atoms with van der Waals surface area (Å²) in [5, 5.41) is 15.1. The molecule has 4 nitrogen and oxygen atoms in total. The lowest BCUT2D eigenvalue weighted by molar-refractivity contribution is 0.102. The van der Waals surface area contributed by atoms with Crippen molar-refractivity contribution in [2.45, 2.75) is 6.92 Å². The van der Waals surface area contributed by atoms with Crippen LogP contribution in [0.1, 0.15) is 15.9 Å². The van der Waals surface area contributed by atoms with E-state index in [9.17, 15) is 9.90 Å². The van der Waals surface area contributed by atoms with E-state index >= 15 is 0 Å². The molecule has 0 fully saturated rings. The minimum absolute atomic E-state index is 0.0489. The van der Waals surface area contributed by atoms with Gasteiger partial charge in [0.05, 0.1) is 12.7 Å². The summed E-state index contributed by atoms with van der Waals surface area (Å²) >= 11 is 0. The highest BCUT2D eigenvalue weighted by Gasteiger charge is 2.16. The molecule has 0 atom stereocenters. The number of aryl methyl sites for hydroxylation is 1. The number of rotatable bonds is 4. The first-order valence-electron chi connectivity index (χ1n) is 9.34. The predicted molar refractivity (Wildman–Crippen MR) is 117 cm³/mol. The van der Waals surface area contributed by atoms with Crippen molar-refractivity contribution in [1.82, 2.24) is 0 Å². The first-order valence-corrected chi connectivity index (χ1v) is 9.34. The van der Waals surface area contributed by atoms with Crippen molar-refractivity contribution in [1.29, 1.82) is 0 Å². The molecule has 2 N–H and O–H groups in total. The molecule has 0 aliphatic rings. The van der Waals surface area contributed by atoms with Gasteiger partial charge in [0.15, 0.2) is 0 Å². The fraction of sp³-hybridized carbons (Fsp3) is 0.0800. The highest BCUT2D eigenvalue weighted by molar-refractivity contribution is 6.10. The third kappa shape index (κ3) is 3.65. The van der Waals surface area contributed by atoms with Crippen molar-refractivity contribution in [3.05, 3.63) is 90.0 Å². The number of benzene rings is 4. The van der Waals surface area contributed by atoms with Crippen molar-refractivity contribution in [2.24, 2.45) is 0 Å². The SMILES string of the molecule is COc1ccc(NC(=O)c2cc3ccccc3cc2O)c(-c2ccccc2C)c1. The summed E-state index contributed by atoms with van der Waals surface area (Å²) < 4.78 is 5.38. The van der Waals surface area contributed by atoms with E-state index in [1.165, 1.54) is 0 Å². The first-order chi connectivity index (χ1) is 14.1. The second kappa shape index (κ2) is 7.68. The van der Waals surface area contributed by atoms with Gasteiger partial charge in [-0.15, -0.1) is 0 Å². The van der Waals surface area contributed by atoms with Crippen LogP contribution in [-0.2, 0) is 0 Å². The van der Waals surface area contributed by atoms with Crippen LogP contribution >= 0.6 is 0 Å². The Morgan fingerprint density at radius 1 is 0.862 bits per heavy atom. The van der Waals surface area contributed by atoms with Crippen LogP contribution in [0.25, 0.3) is 21.9 Å². The summed E-state index contributed by atoms with van der Waals surface area (Å²) in [6, 6.07) is 24.4. The zero-order valence-electron chi connectivity index (χ0n) is 16.3. The Hall–Kier alpha value is -3.79. The highest BCUT2D eigenvalue weighted by atomic mass is 16.5. The van der Waals surface area contributed by atoms with Gasteiger partial charge in [-0.3, -0.25) is 4.79 Å².